The van der Waals surface area contributed by atoms with Crippen molar-refractivity contribution in [2.45, 2.75) is 194 Å². The van der Waals surface area contributed by atoms with Crippen molar-refractivity contribution >= 4 is 7.82 Å². The third kappa shape index (κ3) is 38.1. The summed E-state index contributed by atoms with van der Waals surface area (Å²) in [5, 5.41) is 0. The molecule has 1 N–H and O–H groups in total. The second-order valence-electron chi connectivity index (χ2n) is 12.6. The molecule has 43 heavy (non-hydrogen) atoms. The molecule has 0 aromatic heterocycles. The van der Waals surface area contributed by atoms with Crippen molar-refractivity contribution in [2.75, 3.05) is 39.6 Å². The second-order valence-corrected chi connectivity index (χ2v) is 14.0. The highest BCUT2D eigenvalue weighted by molar-refractivity contribution is 7.47. The fourth-order valence-electron chi connectivity index (χ4n) is 5.46. The zero-order valence-corrected chi connectivity index (χ0v) is 29.9. The van der Waals surface area contributed by atoms with E-state index in [4.69, 9.17) is 18.5 Å². The largest absolute Gasteiger partial charge is 0.472 e. The number of phosphoric ester groups is 1. The molecule has 0 radical (unpaired) electrons. The van der Waals surface area contributed by atoms with Gasteiger partial charge in [-0.25, -0.2) is 4.57 Å². The van der Waals surface area contributed by atoms with E-state index in [2.05, 4.69) is 13.8 Å². The van der Waals surface area contributed by atoms with Crippen molar-refractivity contribution in [3.63, 3.8) is 0 Å². The average molecular weight is 635 g/mol. The Labute approximate surface area is 268 Å². The fourth-order valence-corrected chi connectivity index (χ4v) is 6.15. The lowest BCUT2D eigenvalue weighted by Gasteiger charge is -2.12. The van der Waals surface area contributed by atoms with E-state index in [1.54, 1.807) is 0 Å². The highest BCUT2D eigenvalue weighted by atomic mass is 31.2. The molecule has 0 rings (SSSR count). The zero-order chi connectivity index (χ0) is 31.4. The molecule has 0 aliphatic rings. The van der Waals surface area contributed by atoms with E-state index in [-0.39, 0.29) is 13.2 Å². The van der Waals surface area contributed by atoms with Gasteiger partial charge in [0.1, 0.15) is 0 Å². The molecule has 0 aromatic rings. The van der Waals surface area contributed by atoms with Crippen molar-refractivity contribution in [1.29, 1.82) is 0 Å². The summed E-state index contributed by atoms with van der Waals surface area (Å²) < 4.78 is 33.0. The number of phosphoric acid groups is 1. The van der Waals surface area contributed by atoms with Gasteiger partial charge in [-0.05, 0) is 12.8 Å². The Hall–Kier alpha value is 0.0300. The summed E-state index contributed by atoms with van der Waals surface area (Å²) in [7, 11) is -4.04. The monoisotopic (exact) mass is 635 g/mol. The van der Waals surface area contributed by atoms with Gasteiger partial charge in [-0.2, -0.15) is 0 Å². The molecule has 0 saturated carbocycles. The molecule has 0 atom stereocenters. The lowest BCUT2D eigenvalue weighted by atomic mass is 10.0. The molecule has 0 unspecified atom stereocenters. The number of rotatable bonds is 38. The van der Waals surface area contributed by atoms with Gasteiger partial charge in [-0.1, -0.05) is 181 Å². The molecule has 7 heteroatoms. The van der Waals surface area contributed by atoms with Gasteiger partial charge in [0.25, 0.3) is 0 Å². The van der Waals surface area contributed by atoms with E-state index in [0.717, 1.165) is 12.8 Å². The van der Waals surface area contributed by atoms with Crippen LogP contribution in [0, 0.1) is 0 Å². The molecule has 260 valence electrons. The van der Waals surface area contributed by atoms with Crippen LogP contribution in [0.3, 0.4) is 0 Å². The van der Waals surface area contributed by atoms with Crippen molar-refractivity contribution < 1.29 is 28.0 Å². The Morgan fingerprint density at radius 2 is 0.581 bits per heavy atom. The van der Waals surface area contributed by atoms with E-state index in [1.807, 2.05) is 0 Å². The molecule has 0 saturated heterocycles. The maximum atomic E-state index is 12.0. The van der Waals surface area contributed by atoms with Gasteiger partial charge < -0.3 is 14.4 Å². The highest BCUT2D eigenvalue weighted by Crippen LogP contribution is 2.42. The van der Waals surface area contributed by atoms with Crippen molar-refractivity contribution in [1.82, 2.24) is 0 Å². The maximum Gasteiger partial charge on any atom is 0.472 e. The molecule has 0 aliphatic carbocycles. The summed E-state index contributed by atoms with van der Waals surface area (Å²) in [5.74, 6) is 0. The van der Waals surface area contributed by atoms with Crippen LogP contribution in [0.15, 0.2) is 0 Å². The smallest absolute Gasteiger partial charge is 0.379 e. The summed E-state index contributed by atoms with van der Waals surface area (Å²) in [6.07, 6.45) is 37.4. The summed E-state index contributed by atoms with van der Waals surface area (Å²) in [4.78, 5) is 9.78. The molecule has 0 bridgehead atoms. The molecular weight excluding hydrogens is 559 g/mol. The molecule has 6 nitrogen and oxygen atoms in total. The van der Waals surface area contributed by atoms with Crippen LogP contribution in [0.2, 0.25) is 0 Å². The Morgan fingerprint density at radius 3 is 0.837 bits per heavy atom. The van der Waals surface area contributed by atoms with Crippen LogP contribution in [0.5, 0.6) is 0 Å². The molecule has 0 fully saturated rings. The fraction of sp³-hybridized carbons (Fsp3) is 1.00. The summed E-state index contributed by atoms with van der Waals surface area (Å²) in [5.41, 5.74) is 0. The number of hydrogen-bond donors (Lipinski definition) is 1. The van der Waals surface area contributed by atoms with Crippen LogP contribution in [0.4, 0.5) is 0 Å². The van der Waals surface area contributed by atoms with Crippen molar-refractivity contribution in [3.8, 4) is 0 Å². The first-order valence-electron chi connectivity index (χ1n) is 18.9. The van der Waals surface area contributed by atoms with Crippen LogP contribution in [-0.2, 0) is 23.1 Å². The van der Waals surface area contributed by atoms with Gasteiger partial charge in [-0.3, -0.25) is 9.05 Å². The molecule has 0 amide bonds. The number of ether oxygens (including phenoxy) is 2. The molecule has 0 aromatic carbocycles. The van der Waals surface area contributed by atoms with E-state index in [1.165, 1.54) is 167 Å². The van der Waals surface area contributed by atoms with Gasteiger partial charge in [0, 0.05) is 13.2 Å². The average Bonchev–Trinajstić information content (AvgIpc) is 3.00. The minimum atomic E-state index is -4.04. The topological polar surface area (TPSA) is 74.2 Å². The first-order valence-corrected chi connectivity index (χ1v) is 20.4. The summed E-state index contributed by atoms with van der Waals surface area (Å²) >= 11 is 0. The van der Waals surface area contributed by atoms with Gasteiger partial charge in [-0.15, -0.1) is 0 Å². The number of hydrogen-bond acceptors (Lipinski definition) is 5. The number of unbranched alkanes of at least 4 members (excludes halogenated alkanes) is 26. The second kappa shape index (κ2) is 36.5. The van der Waals surface area contributed by atoms with E-state index < -0.39 is 7.82 Å². The Bertz CT molecular complexity index is 518. The zero-order valence-electron chi connectivity index (χ0n) is 29.0. The van der Waals surface area contributed by atoms with Gasteiger partial charge in [0.05, 0.1) is 26.4 Å². The summed E-state index contributed by atoms with van der Waals surface area (Å²) in [6, 6.07) is 0. The first kappa shape index (κ1) is 43.0. The van der Waals surface area contributed by atoms with Gasteiger partial charge >= 0.3 is 7.82 Å². The molecular formula is C36H75O6P. The third-order valence-electron chi connectivity index (χ3n) is 8.25. The standard InChI is InChI=1S/C36H75O6P/c1-3-5-7-9-11-13-15-17-19-21-23-25-27-29-31-39-33-35-41-43(37,38)42-36-34-40-32-30-28-26-24-22-20-18-16-14-12-10-8-6-4-2/h3-36H2,1-2H3,(H,37,38). The van der Waals surface area contributed by atoms with Crippen molar-refractivity contribution in [3.05, 3.63) is 0 Å². The predicted octanol–water partition coefficient (Wildman–Crippen LogP) is 12.1. The van der Waals surface area contributed by atoms with E-state index in [0.29, 0.717) is 26.4 Å². The molecule has 0 heterocycles. The predicted molar refractivity (Wildman–Crippen MR) is 184 cm³/mol. The van der Waals surface area contributed by atoms with Crippen LogP contribution in [-0.4, -0.2) is 44.5 Å². The van der Waals surface area contributed by atoms with E-state index in [9.17, 15) is 9.46 Å². The molecule has 0 spiro atoms. The highest BCUT2D eigenvalue weighted by Gasteiger charge is 2.20. The lowest BCUT2D eigenvalue weighted by Crippen LogP contribution is -2.08. The minimum Gasteiger partial charge on any atom is -0.379 e. The lowest BCUT2D eigenvalue weighted by molar-refractivity contribution is 0.0564. The van der Waals surface area contributed by atoms with Crippen LogP contribution in [0.1, 0.15) is 194 Å². The third-order valence-corrected chi connectivity index (χ3v) is 9.27. The van der Waals surface area contributed by atoms with Crippen LogP contribution >= 0.6 is 7.82 Å². The molecule has 0 aliphatic heterocycles. The SMILES string of the molecule is CCCCCCCCCCCCCCCCOCCOP(=O)(O)OCCOCCCCCCCCCCCCCCCC. The maximum absolute atomic E-state index is 12.0. The van der Waals surface area contributed by atoms with Gasteiger partial charge in [0.2, 0.25) is 0 Å². The van der Waals surface area contributed by atoms with Crippen LogP contribution in [0.25, 0.3) is 0 Å². The Morgan fingerprint density at radius 1 is 0.349 bits per heavy atom. The first-order chi connectivity index (χ1) is 21.1. The van der Waals surface area contributed by atoms with Gasteiger partial charge in [0.15, 0.2) is 0 Å². The quantitative estimate of drug-likeness (QED) is 0.0538. The van der Waals surface area contributed by atoms with Crippen molar-refractivity contribution in [2.24, 2.45) is 0 Å². The van der Waals surface area contributed by atoms with Crippen LogP contribution < -0.4 is 0 Å². The Balaban J connectivity index is 3.26. The summed E-state index contributed by atoms with van der Waals surface area (Å²) in [6.45, 7) is 6.63. The minimum absolute atomic E-state index is 0.0618. The van der Waals surface area contributed by atoms with E-state index >= 15 is 0 Å². The Kier molecular flexibility index (Phi) is 36.5. The normalized spacial score (nSPS) is 12.0.